The van der Waals surface area contributed by atoms with Crippen LogP contribution in [0.4, 0.5) is 0 Å². The van der Waals surface area contributed by atoms with Gasteiger partial charge in [-0.25, -0.2) is 0 Å². The number of rotatable bonds is 10. The lowest BCUT2D eigenvalue weighted by Crippen LogP contribution is -2.45. The maximum Gasteiger partial charge on any atom is 0.191 e. The first-order chi connectivity index (χ1) is 18.1. The summed E-state index contributed by atoms with van der Waals surface area (Å²) in [5.41, 5.74) is 5.25. The minimum Gasteiger partial charge on any atom is -0.361 e. The van der Waals surface area contributed by atoms with Crippen molar-refractivity contribution in [3.63, 3.8) is 0 Å². The van der Waals surface area contributed by atoms with Crippen molar-refractivity contribution in [1.29, 1.82) is 0 Å². The highest BCUT2D eigenvalue weighted by atomic mass is 16.8. The number of benzene rings is 3. The molecule has 6 nitrogen and oxygen atoms in total. The van der Waals surface area contributed by atoms with Crippen LogP contribution in [0.5, 0.6) is 0 Å². The molecule has 0 fully saturated rings. The lowest BCUT2D eigenvalue weighted by atomic mass is 9.85. The van der Waals surface area contributed by atoms with E-state index < -0.39 is 12.1 Å². The van der Waals surface area contributed by atoms with Gasteiger partial charge < -0.3 is 9.88 Å². The van der Waals surface area contributed by atoms with Crippen LogP contribution in [0, 0.1) is 0 Å². The number of hydroxylamine groups is 2. The van der Waals surface area contributed by atoms with Crippen LogP contribution in [0.1, 0.15) is 53.6 Å². The number of aromatic nitrogens is 1. The van der Waals surface area contributed by atoms with Gasteiger partial charge in [-0.15, -0.1) is 0 Å². The van der Waals surface area contributed by atoms with Crippen LogP contribution in [0.3, 0.4) is 0 Å². The quantitative estimate of drug-likeness (QED) is 0.172. The Bertz CT molecular complexity index is 1380. The Morgan fingerprint density at radius 3 is 2.30 bits per heavy atom. The molecule has 0 saturated carbocycles. The van der Waals surface area contributed by atoms with Crippen LogP contribution in [0.15, 0.2) is 102 Å². The number of Topliss-reactive ketones (excluding diaryl/α,β-unsaturated/α-hetero) is 1. The average Bonchev–Trinajstić information content (AvgIpc) is 3.50. The average molecular weight is 496 g/mol. The molecular formula is C31H33N3O3. The molecule has 6 heteroatoms. The van der Waals surface area contributed by atoms with Crippen LogP contribution < -0.4 is 0 Å². The summed E-state index contributed by atoms with van der Waals surface area (Å²) in [6.45, 7) is 2.67. The molecule has 1 aliphatic rings. The minimum atomic E-state index is -0.817. The van der Waals surface area contributed by atoms with E-state index in [0.717, 1.165) is 40.6 Å². The Balaban J connectivity index is 1.61. The van der Waals surface area contributed by atoms with Crippen LogP contribution in [-0.4, -0.2) is 44.0 Å². The molecule has 0 bridgehead atoms. The van der Waals surface area contributed by atoms with Gasteiger partial charge in [0.05, 0.1) is 5.92 Å². The number of fused-ring (bicyclic) bond motifs is 1. The van der Waals surface area contributed by atoms with Crippen LogP contribution in [0.2, 0.25) is 0 Å². The molecule has 3 aromatic carbocycles. The molecule has 0 radical (unpaired) electrons. The number of nitrogens with zero attached hydrogens (tertiary/aromatic N) is 2. The molecule has 4 aromatic rings. The lowest BCUT2D eigenvalue weighted by molar-refractivity contribution is -0.352. The van der Waals surface area contributed by atoms with Gasteiger partial charge in [0.25, 0.3) is 0 Å². The summed E-state index contributed by atoms with van der Waals surface area (Å²) in [6, 6.07) is 27.2. The molecule has 2 heterocycles. The van der Waals surface area contributed by atoms with Crippen molar-refractivity contribution in [2.24, 2.45) is 0 Å². The van der Waals surface area contributed by atoms with E-state index in [-0.39, 0.29) is 5.78 Å². The van der Waals surface area contributed by atoms with Crippen molar-refractivity contribution in [2.45, 2.75) is 44.7 Å². The fourth-order valence-corrected chi connectivity index (χ4v) is 5.57. The summed E-state index contributed by atoms with van der Waals surface area (Å²) < 4.78 is 0. The summed E-state index contributed by atoms with van der Waals surface area (Å²) in [5.74, 6) is -0.583. The maximum atomic E-state index is 14.1. The zero-order chi connectivity index (χ0) is 25.8. The number of H-pyrrole nitrogens is 1. The number of carbonyl (C=O) groups is 1. The number of aromatic amines is 1. The van der Waals surface area contributed by atoms with Gasteiger partial charge in [0.15, 0.2) is 5.78 Å². The third-order valence-corrected chi connectivity index (χ3v) is 7.33. The fraction of sp³-hybridized carbons (Fsp3) is 0.258. The highest BCUT2D eigenvalue weighted by Crippen LogP contribution is 2.45. The van der Waals surface area contributed by atoms with Crippen LogP contribution in [-0.2, 0) is 6.42 Å². The number of para-hydroxylation sites is 1. The van der Waals surface area contributed by atoms with Gasteiger partial charge in [-0.1, -0.05) is 92.2 Å². The van der Waals surface area contributed by atoms with Gasteiger partial charge in [0, 0.05) is 40.5 Å². The van der Waals surface area contributed by atoms with Crippen molar-refractivity contribution < 1.29 is 15.2 Å². The molecule has 5 rings (SSSR count). The Hall–Kier alpha value is -3.71. The van der Waals surface area contributed by atoms with E-state index in [2.05, 4.69) is 24.0 Å². The molecule has 1 aliphatic heterocycles. The summed E-state index contributed by atoms with van der Waals surface area (Å²) in [7, 11) is 0. The number of allylic oxidation sites excluding steroid dienone is 1. The summed E-state index contributed by atoms with van der Waals surface area (Å²) in [4.78, 5) is 19.4. The van der Waals surface area contributed by atoms with E-state index in [1.807, 2.05) is 83.9 Å². The van der Waals surface area contributed by atoms with Gasteiger partial charge in [-0.05, 0) is 41.7 Å². The molecule has 2 atom stereocenters. The fourth-order valence-electron chi connectivity index (χ4n) is 5.57. The first-order valence-corrected chi connectivity index (χ1v) is 13.0. The SMILES string of the molecule is CCCCC1=C(C(=O)c2ccccc2)C(c2ccccc2)C(N(O)O)N1CCc1c[nH]c2ccccc12. The highest BCUT2D eigenvalue weighted by Gasteiger charge is 2.46. The third-order valence-electron chi connectivity index (χ3n) is 7.33. The number of carbonyl (C=O) groups excluding carboxylic acids is 1. The number of nitrogens with one attached hydrogen (secondary N) is 1. The molecule has 3 N–H and O–H groups in total. The lowest BCUT2D eigenvalue weighted by Gasteiger charge is -2.34. The largest absolute Gasteiger partial charge is 0.361 e. The number of hydrogen-bond acceptors (Lipinski definition) is 5. The second kappa shape index (κ2) is 11.1. The topological polar surface area (TPSA) is 79.8 Å². The van der Waals surface area contributed by atoms with E-state index >= 15 is 0 Å². The summed E-state index contributed by atoms with van der Waals surface area (Å²) >= 11 is 0. The van der Waals surface area contributed by atoms with E-state index in [9.17, 15) is 15.2 Å². The molecule has 2 unspecified atom stereocenters. The first kappa shape index (κ1) is 25.0. The molecule has 0 saturated heterocycles. The summed E-state index contributed by atoms with van der Waals surface area (Å²) in [6.07, 6.45) is 4.45. The number of ketones is 1. The Kier molecular flexibility index (Phi) is 7.51. The monoisotopic (exact) mass is 495 g/mol. The highest BCUT2D eigenvalue weighted by molar-refractivity contribution is 6.10. The van der Waals surface area contributed by atoms with Crippen LogP contribution >= 0.6 is 0 Å². The van der Waals surface area contributed by atoms with Gasteiger partial charge in [-0.2, -0.15) is 0 Å². The van der Waals surface area contributed by atoms with Crippen molar-refractivity contribution in [1.82, 2.24) is 15.1 Å². The molecule has 37 heavy (non-hydrogen) atoms. The minimum absolute atomic E-state index is 0.0676. The smallest absolute Gasteiger partial charge is 0.191 e. The number of unbranched alkanes of at least 4 members (excludes halogenated alkanes) is 1. The standard InChI is InChI=1S/C31H33N3O3/c1-2-3-18-27-29(30(35)23-14-8-5-9-15-23)28(22-12-6-4-7-13-22)31(34(36)37)33(27)20-19-24-21-32-26-17-11-10-16-25(24)26/h4-17,21,28,31-32,36-37H,2-3,18-20H2,1H3. The van der Waals surface area contributed by atoms with Gasteiger partial charge in [0.1, 0.15) is 6.17 Å². The van der Waals surface area contributed by atoms with Crippen molar-refractivity contribution in [3.8, 4) is 0 Å². The Morgan fingerprint density at radius 2 is 1.59 bits per heavy atom. The Morgan fingerprint density at radius 1 is 0.919 bits per heavy atom. The van der Waals surface area contributed by atoms with E-state index in [0.29, 0.717) is 35.7 Å². The van der Waals surface area contributed by atoms with Gasteiger partial charge in [-0.3, -0.25) is 15.2 Å². The van der Waals surface area contributed by atoms with E-state index in [4.69, 9.17) is 0 Å². The third kappa shape index (κ3) is 4.96. The Labute approximate surface area is 217 Å². The number of hydrogen-bond donors (Lipinski definition) is 3. The van der Waals surface area contributed by atoms with Crippen molar-refractivity contribution in [3.05, 3.63) is 119 Å². The van der Waals surface area contributed by atoms with Crippen molar-refractivity contribution in [2.75, 3.05) is 6.54 Å². The van der Waals surface area contributed by atoms with Crippen molar-refractivity contribution >= 4 is 16.7 Å². The van der Waals surface area contributed by atoms with Gasteiger partial charge in [0.2, 0.25) is 0 Å². The summed E-state index contributed by atoms with van der Waals surface area (Å²) in [5, 5.41) is 22.7. The molecular weight excluding hydrogens is 462 g/mol. The second-order valence-corrected chi connectivity index (χ2v) is 9.58. The molecule has 0 spiro atoms. The maximum absolute atomic E-state index is 14.1. The predicted octanol–water partition coefficient (Wildman–Crippen LogP) is 6.54. The molecule has 190 valence electrons. The van der Waals surface area contributed by atoms with Gasteiger partial charge >= 0.3 is 0 Å². The zero-order valence-electron chi connectivity index (χ0n) is 21.0. The first-order valence-electron chi connectivity index (χ1n) is 13.0. The van der Waals surface area contributed by atoms with Crippen LogP contribution in [0.25, 0.3) is 10.9 Å². The molecule has 0 amide bonds. The zero-order valence-corrected chi connectivity index (χ0v) is 21.0. The second-order valence-electron chi connectivity index (χ2n) is 9.58. The van der Waals surface area contributed by atoms with E-state index in [1.54, 1.807) is 0 Å². The predicted molar refractivity (Wildman–Crippen MR) is 144 cm³/mol. The molecule has 1 aromatic heterocycles. The normalized spacial score (nSPS) is 17.8. The van der Waals surface area contributed by atoms with E-state index in [1.165, 1.54) is 0 Å². The molecule has 0 aliphatic carbocycles.